The molecule has 4 rings (SSSR count). The zero-order chi connectivity index (χ0) is 22.8. The Morgan fingerprint density at radius 1 is 0.935 bits per heavy atom. The van der Waals surface area contributed by atoms with Crippen LogP contribution in [0.1, 0.15) is 106 Å². The molecule has 0 heterocycles. The van der Waals surface area contributed by atoms with Crippen LogP contribution in [0, 0.1) is 52.3 Å². The minimum atomic E-state index is -0.705. The summed E-state index contributed by atoms with van der Waals surface area (Å²) in [6.07, 6.45) is 11.9. The summed E-state index contributed by atoms with van der Waals surface area (Å²) in [5.74, 6) is 4.55. The molecule has 3 heteroatoms. The van der Waals surface area contributed by atoms with Gasteiger partial charge in [-0.1, -0.05) is 20.8 Å². The van der Waals surface area contributed by atoms with Crippen LogP contribution >= 0.6 is 0 Å². The predicted octanol–water partition coefficient (Wildman–Crippen LogP) is 5.80. The quantitative estimate of drug-likeness (QED) is 0.512. The Labute approximate surface area is 191 Å². The Bertz CT molecular complexity index is 651. The van der Waals surface area contributed by atoms with Crippen LogP contribution in [0.3, 0.4) is 0 Å². The summed E-state index contributed by atoms with van der Waals surface area (Å²) in [4.78, 5) is 0. The Morgan fingerprint density at radius 2 is 1.61 bits per heavy atom. The molecule has 0 aromatic rings. The SMILES string of the molecule is C[C@H](CCC(C)(C)O)[C@H]1CC[C@H]2[C@@H]3CC[C@H]4C[C@@](C)(O)[C@@H](CO)C[C@]4(C)[C@H]3CC[C@]12C. The van der Waals surface area contributed by atoms with Crippen LogP contribution in [0.4, 0.5) is 0 Å². The van der Waals surface area contributed by atoms with E-state index in [2.05, 4.69) is 20.8 Å². The molecule has 0 saturated heterocycles. The molecule has 0 aliphatic heterocycles. The van der Waals surface area contributed by atoms with Gasteiger partial charge in [0.05, 0.1) is 11.2 Å². The highest BCUT2D eigenvalue weighted by Crippen LogP contribution is 2.69. The largest absolute Gasteiger partial charge is 0.396 e. The van der Waals surface area contributed by atoms with Gasteiger partial charge in [-0.2, -0.15) is 0 Å². The van der Waals surface area contributed by atoms with E-state index in [1.807, 2.05) is 20.8 Å². The minimum Gasteiger partial charge on any atom is -0.396 e. The Morgan fingerprint density at radius 3 is 2.26 bits per heavy atom. The van der Waals surface area contributed by atoms with E-state index in [9.17, 15) is 15.3 Å². The molecular weight excluding hydrogens is 384 g/mol. The lowest BCUT2D eigenvalue weighted by Gasteiger charge is -2.63. The molecule has 180 valence electrons. The van der Waals surface area contributed by atoms with Crippen LogP contribution in [0.25, 0.3) is 0 Å². The van der Waals surface area contributed by atoms with Crippen LogP contribution in [0.15, 0.2) is 0 Å². The Kier molecular flexibility index (Phi) is 6.18. The van der Waals surface area contributed by atoms with Gasteiger partial charge in [0.1, 0.15) is 0 Å². The average Bonchev–Trinajstić information content (AvgIpc) is 3.02. The highest BCUT2D eigenvalue weighted by molar-refractivity contribution is 5.11. The third-order valence-electron chi connectivity index (χ3n) is 11.5. The fraction of sp³-hybridized carbons (Fsp3) is 1.00. The van der Waals surface area contributed by atoms with E-state index in [0.29, 0.717) is 17.3 Å². The molecule has 0 amide bonds. The number of aliphatic hydroxyl groups excluding tert-OH is 1. The van der Waals surface area contributed by atoms with E-state index in [4.69, 9.17) is 0 Å². The third kappa shape index (κ3) is 4.03. The first kappa shape index (κ1) is 24.0. The molecule has 0 unspecified atom stereocenters. The normalized spacial score (nSPS) is 51.0. The first-order valence-electron chi connectivity index (χ1n) is 13.4. The maximum atomic E-state index is 11.0. The van der Waals surface area contributed by atoms with Crippen molar-refractivity contribution in [1.82, 2.24) is 0 Å². The zero-order valence-electron chi connectivity index (χ0n) is 21.2. The molecule has 10 atom stereocenters. The van der Waals surface area contributed by atoms with Gasteiger partial charge in [0.2, 0.25) is 0 Å². The first-order chi connectivity index (χ1) is 14.3. The van der Waals surface area contributed by atoms with Crippen LogP contribution in [0.2, 0.25) is 0 Å². The molecule has 4 aliphatic rings. The Hall–Kier alpha value is -0.120. The summed E-state index contributed by atoms with van der Waals surface area (Å²) >= 11 is 0. The van der Waals surface area contributed by atoms with Crippen LogP contribution < -0.4 is 0 Å². The summed E-state index contributed by atoms with van der Waals surface area (Å²) in [5, 5.41) is 31.3. The second-order valence-electron chi connectivity index (χ2n) is 13.9. The molecular formula is C28H50O3. The number of hydrogen-bond donors (Lipinski definition) is 3. The fourth-order valence-electron chi connectivity index (χ4n) is 9.62. The summed E-state index contributed by atoms with van der Waals surface area (Å²) in [6, 6.07) is 0. The van der Waals surface area contributed by atoms with Gasteiger partial charge in [0, 0.05) is 12.5 Å². The smallest absolute Gasteiger partial charge is 0.0672 e. The average molecular weight is 435 g/mol. The highest BCUT2D eigenvalue weighted by Gasteiger charge is 2.62. The van der Waals surface area contributed by atoms with Crippen molar-refractivity contribution >= 4 is 0 Å². The molecule has 0 spiro atoms. The second-order valence-corrected chi connectivity index (χ2v) is 13.9. The lowest BCUT2D eigenvalue weighted by atomic mass is 9.42. The number of hydrogen-bond acceptors (Lipinski definition) is 3. The second kappa shape index (κ2) is 7.98. The van der Waals surface area contributed by atoms with Gasteiger partial charge in [-0.3, -0.25) is 0 Å². The minimum absolute atomic E-state index is 0.0268. The molecule has 3 nitrogen and oxygen atoms in total. The number of rotatable bonds is 5. The summed E-state index contributed by atoms with van der Waals surface area (Å²) in [6.45, 7) is 13.6. The highest BCUT2D eigenvalue weighted by atomic mass is 16.3. The van der Waals surface area contributed by atoms with Crippen molar-refractivity contribution in [3.8, 4) is 0 Å². The topological polar surface area (TPSA) is 60.7 Å². The number of fused-ring (bicyclic) bond motifs is 5. The standard InChI is InChI=1S/C28H50O3/c1-18(11-13-25(2,3)30)22-9-10-23-21-8-7-19-16-28(6,31)20(17-29)15-27(19,5)24(21)12-14-26(22,23)4/h18-24,29-31H,7-17H2,1-6H3/t18-,19+,20-,21+,22-,23+,24+,26-,27+,28-/m1/s1. The predicted molar refractivity (Wildman–Crippen MR) is 126 cm³/mol. The molecule has 4 aliphatic carbocycles. The van der Waals surface area contributed by atoms with Crippen LogP contribution in [0.5, 0.6) is 0 Å². The van der Waals surface area contributed by atoms with E-state index in [-0.39, 0.29) is 17.9 Å². The van der Waals surface area contributed by atoms with Gasteiger partial charge >= 0.3 is 0 Å². The van der Waals surface area contributed by atoms with Crippen molar-refractivity contribution < 1.29 is 15.3 Å². The molecule has 0 bridgehead atoms. The van der Waals surface area contributed by atoms with E-state index >= 15 is 0 Å². The molecule has 31 heavy (non-hydrogen) atoms. The van der Waals surface area contributed by atoms with Crippen molar-refractivity contribution in [3.63, 3.8) is 0 Å². The van der Waals surface area contributed by atoms with Gasteiger partial charge < -0.3 is 15.3 Å². The van der Waals surface area contributed by atoms with Crippen molar-refractivity contribution in [3.05, 3.63) is 0 Å². The summed E-state index contributed by atoms with van der Waals surface area (Å²) in [7, 11) is 0. The summed E-state index contributed by atoms with van der Waals surface area (Å²) in [5.41, 5.74) is -0.517. The van der Waals surface area contributed by atoms with Crippen molar-refractivity contribution in [1.29, 1.82) is 0 Å². The van der Waals surface area contributed by atoms with Crippen molar-refractivity contribution in [2.24, 2.45) is 52.3 Å². The molecule has 0 radical (unpaired) electrons. The van der Waals surface area contributed by atoms with Gasteiger partial charge in [0.15, 0.2) is 0 Å². The zero-order valence-corrected chi connectivity index (χ0v) is 21.2. The lowest BCUT2D eigenvalue weighted by Crippen LogP contribution is -2.58. The molecule has 4 saturated carbocycles. The number of aliphatic hydroxyl groups is 3. The maximum Gasteiger partial charge on any atom is 0.0672 e. The maximum absolute atomic E-state index is 11.0. The molecule has 3 N–H and O–H groups in total. The van der Waals surface area contributed by atoms with Gasteiger partial charge in [-0.15, -0.1) is 0 Å². The molecule has 4 fully saturated rings. The van der Waals surface area contributed by atoms with Crippen LogP contribution in [-0.2, 0) is 0 Å². The van der Waals surface area contributed by atoms with Crippen LogP contribution in [-0.4, -0.2) is 33.1 Å². The van der Waals surface area contributed by atoms with Gasteiger partial charge in [-0.25, -0.2) is 0 Å². The van der Waals surface area contributed by atoms with Gasteiger partial charge in [-0.05, 0) is 131 Å². The van der Waals surface area contributed by atoms with E-state index in [0.717, 1.165) is 49.4 Å². The monoisotopic (exact) mass is 434 g/mol. The summed E-state index contributed by atoms with van der Waals surface area (Å²) < 4.78 is 0. The first-order valence-corrected chi connectivity index (χ1v) is 13.4. The molecule has 0 aromatic carbocycles. The van der Waals surface area contributed by atoms with Crippen molar-refractivity contribution in [2.75, 3.05) is 6.61 Å². The Balaban J connectivity index is 1.52. The van der Waals surface area contributed by atoms with E-state index < -0.39 is 11.2 Å². The van der Waals surface area contributed by atoms with E-state index in [1.54, 1.807) is 0 Å². The molecule has 0 aromatic heterocycles. The lowest BCUT2D eigenvalue weighted by molar-refractivity contribution is -0.177. The van der Waals surface area contributed by atoms with Crippen molar-refractivity contribution in [2.45, 2.75) is 117 Å². The fourth-order valence-corrected chi connectivity index (χ4v) is 9.62. The van der Waals surface area contributed by atoms with E-state index in [1.165, 1.54) is 38.5 Å². The van der Waals surface area contributed by atoms with Gasteiger partial charge in [0.25, 0.3) is 0 Å². The third-order valence-corrected chi connectivity index (χ3v) is 11.5.